The highest BCUT2D eigenvalue weighted by Crippen LogP contribution is 2.22. The van der Waals surface area contributed by atoms with Crippen molar-refractivity contribution in [3.63, 3.8) is 0 Å². The summed E-state index contributed by atoms with van der Waals surface area (Å²) < 4.78 is -0.0359. The maximum Gasteiger partial charge on any atom is 0.276 e. The molecule has 0 radical (unpaired) electrons. The minimum absolute atomic E-state index is 0.0359. The average Bonchev–Trinajstić information content (AvgIpc) is 1.64. The molecule has 60 valence electrons. The molecule has 0 aromatic heterocycles. The molecule has 0 saturated heterocycles. The van der Waals surface area contributed by atoms with Gasteiger partial charge in [-0.05, 0) is 0 Å². The Morgan fingerprint density at radius 3 is 1.70 bits per heavy atom. The number of rotatable bonds is 0. The zero-order valence-electron chi connectivity index (χ0n) is 6.81. The number of carbonyl (C=O) groups excluding carboxylic acids is 1. The van der Waals surface area contributed by atoms with Gasteiger partial charge in [0.1, 0.15) is 0 Å². The molecule has 0 aromatic carbocycles. The fraction of sp³-hybridized carbons (Fsp3) is 0.571. The first-order valence-electron chi connectivity index (χ1n) is 2.90. The summed E-state index contributed by atoms with van der Waals surface area (Å²) in [7, 11) is 0. The third-order valence-corrected chi connectivity index (χ3v) is 1.22. The highest BCUT2D eigenvalue weighted by atomic mass is 32.2. The number of primary amides is 1. The van der Waals surface area contributed by atoms with E-state index in [4.69, 9.17) is 5.73 Å². The van der Waals surface area contributed by atoms with E-state index in [1.807, 2.05) is 20.8 Å². The van der Waals surface area contributed by atoms with Crippen molar-refractivity contribution in [1.29, 1.82) is 0 Å². The Morgan fingerprint density at radius 1 is 1.40 bits per heavy atom. The van der Waals surface area contributed by atoms with Gasteiger partial charge in [0.2, 0.25) is 0 Å². The van der Waals surface area contributed by atoms with Crippen LogP contribution in [0.5, 0.6) is 0 Å². The van der Waals surface area contributed by atoms with Crippen molar-refractivity contribution in [3.05, 3.63) is 13.2 Å². The van der Waals surface area contributed by atoms with Gasteiger partial charge in [-0.2, -0.15) is 0 Å². The van der Waals surface area contributed by atoms with Crippen LogP contribution in [0, 0.1) is 0 Å². The van der Waals surface area contributed by atoms with Crippen molar-refractivity contribution in [2.45, 2.75) is 25.5 Å². The van der Waals surface area contributed by atoms with E-state index in [2.05, 4.69) is 13.2 Å². The van der Waals surface area contributed by atoms with E-state index in [0.29, 0.717) is 0 Å². The van der Waals surface area contributed by atoms with Gasteiger partial charge in [0.25, 0.3) is 5.24 Å². The van der Waals surface area contributed by atoms with Gasteiger partial charge in [0, 0.05) is 4.75 Å². The third kappa shape index (κ3) is 15.6. The molecule has 3 heteroatoms. The number of hydrogen-bond acceptors (Lipinski definition) is 2. The van der Waals surface area contributed by atoms with E-state index < -0.39 is 0 Å². The standard InChI is InChI=1S/C5H11NOS.C2H4/c1-5(2,3)8-4(6)7;1-2/h1-3H3,(H2,6,7);1-2H2. The van der Waals surface area contributed by atoms with Crippen molar-refractivity contribution < 1.29 is 4.79 Å². The van der Waals surface area contributed by atoms with Crippen molar-refractivity contribution in [3.8, 4) is 0 Å². The van der Waals surface area contributed by atoms with Gasteiger partial charge in [-0.1, -0.05) is 32.5 Å². The molecular formula is C7H15NOS. The predicted molar refractivity (Wildman–Crippen MR) is 48.2 cm³/mol. The molecule has 0 rings (SSSR count). The second kappa shape index (κ2) is 5.35. The summed E-state index contributed by atoms with van der Waals surface area (Å²) in [6.07, 6.45) is 0. The topological polar surface area (TPSA) is 43.1 Å². The van der Waals surface area contributed by atoms with Crippen LogP contribution in [-0.4, -0.2) is 9.99 Å². The zero-order chi connectivity index (χ0) is 8.78. The number of hydrogen-bond donors (Lipinski definition) is 1. The first-order valence-corrected chi connectivity index (χ1v) is 3.72. The molecule has 0 aromatic rings. The summed E-state index contributed by atoms with van der Waals surface area (Å²) in [5, 5.41) is -0.308. The van der Waals surface area contributed by atoms with Crippen LogP contribution in [0.25, 0.3) is 0 Å². The van der Waals surface area contributed by atoms with Gasteiger partial charge < -0.3 is 5.73 Å². The fourth-order valence-corrected chi connectivity index (χ4v) is 0.905. The van der Waals surface area contributed by atoms with Crippen molar-refractivity contribution in [1.82, 2.24) is 0 Å². The SMILES string of the molecule is C=C.CC(C)(C)SC(N)=O. The summed E-state index contributed by atoms with van der Waals surface area (Å²) in [6, 6.07) is 0. The van der Waals surface area contributed by atoms with Gasteiger partial charge in [-0.15, -0.1) is 13.2 Å². The van der Waals surface area contributed by atoms with E-state index in [-0.39, 0.29) is 9.99 Å². The molecule has 0 aliphatic carbocycles. The Balaban J connectivity index is 0. The lowest BCUT2D eigenvalue weighted by Gasteiger charge is -2.13. The van der Waals surface area contributed by atoms with Crippen LogP contribution < -0.4 is 5.73 Å². The Labute approximate surface area is 66.9 Å². The molecule has 0 unspecified atom stereocenters. The molecule has 0 fully saturated rings. The predicted octanol–water partition coefficient (Wildman–Crippen LogP) is 2.40. The smallest absolute Gasteiger partial charge is 0.276 e. The third-order valence-electron chi connectivity index (χ3n) is 0.407. The van der Waals surface area contributed by atoms with Gasteiger partial charge in [0.15, 0.2) is 0 Å². The number of nitrogens with two attached hydrogens (primary N) is 1. The lowest BCUT2D eigenvalue weighted by molar-refractivity contribution is 0.267. The summed E-state index contributed by atoms with van der Waals surface area (Å²) in [4.78, 5) is 10.2. The monoisotopic (exact) mass is 161 g/mol. The lowest BCUT2D eigenvalue weighted by atomic mass is 10.3. The van der Waals surface area contributed by atoms with Gasteiger partial charge in [-0.3, -0.25) is 4.79 Å². The highest BCUT2D eigenvalue weighted by Gasteiger charge is 2.13. The largest absolute Gasteiger partial charge is 0.361 e. The van der Waals surface area contributed by atoms with Crippen LogP contribution in [0.4, 0.5) is 4.79 Å². The number of amides is 1. The normalized spacial score (nSPS) is 9.50. The van der Waals surface area contributed by atoms with Gasteiger partial charge >= 0.3 is 0 Å². The van der Waals surface area contributed by atoms with Crippen molar-refractivity contribution >= 4 is 17.0 Å². The highest BCUT2D eigenvalue weighted by molar-refractivity contribution is 8.14. The van der Waals surface area contributed by atoms with E-state index in [1.54, 1.807) is 0 Å². The maximum atomic E-state index is 10.2. The summed E-state index contributed by atoms with van der Waals surface area (Å²) in [6.45, 7) is 11.8. The molecule has 0 atom stereocenters. The summed E-state index contributed by atoms with van der Waals surface area (Å²) in [5.74, 6) is 0. The average molecular weight is 161 g/mol. The summed E-state index contributed by atoms with van der Waals surface area (Å²) in [5.41, 5.74) is 4.90. The second-order valence-corrected chi connectivity index (χ2v) is 4.36. The van der Waals surface area contributed by atoms with Crippen LogP contribution in [0.15, 0.2) is 13.2 Å². The maximum absolute atomic E-state index is 10.2. The minimum Gasteiger partial charge on any atom is -0.361 e. The molecule has 0 spiro atoms. The van der Waals surface area contributed by atoms with Crippen LogP contribution >= 0.6 is 11.8 Å². The van der Waals surface area contributed by atoms with Gasteiger partial charge in [0.05, 0.1) is 0 Å². The first kappa shape index (κ1) is 12.3. The summed E-state index contributed by atoms with van der Waals surface area (Å²) >= 11 is 1.15. The molecule has 1 amide bonds. The second-order valence-electron chi connectivity index (χ2n) is 2.53. The van der Waals surface area contributed by atoms with Crippen LogP contribution in [0.1, 0.15) is 20.8 Å². The molecule has 0 bridgehead atoms. The van der Waals surface area contributed by atoms with E-state index in [9.17, 15) is 4.79 Å². The number of carbonyl (C=O) groups is 1. The molecule has 2 nitrogen and oxygen atoms in total. The molecule has 10 heavy (non-hydrogen) atoms. The molecule has 2 N–H and O–H groups in total. The Morgan fingerprint density at radius 2 is 1.70 bits per heavy atom. The quantitative estimate of drug-likeness (QED) is 0.554. The van der Waals surface area contributed by atoms with Crippen molar-refractivity contribution in [2.75, 3.05) is 0 Å². The minimum atomic E-state index is -0.308. The Bertz CT molecular complexity index is 107. The Hall–Kier alpha value is -0.440. The Kier molecular flexibility index (Phi) is 6.56. The molecule has 0 heterocycles. The lowest BCUT2D eigenvalue weighted by Crippen LogP contribution is -2.15. The molecule has 0 aliphatic rings. The zero-order valence-corrected chi connectivity index (χ0v) is 7.62. The van der Waals surface area contributed by atoms with E-state index >= 15 is 0 Å². The van der Waals surface area contributed by atoms with Crippen molar-refractivity contribution in [2.24, 2.45) is 5.73 Å². The molecule has 0 aliphatic heterocycles. The van der Waals surface area contributed by atoms with Crippen LogP contribution in [-0.2, 0) is 0 Å². The van der Waals surface area contributed by atoms with E-state index in [1.165, 1.54) is 0 Å². The first-order chi connectivity index (χ1) is 4.42. The number of thioether (sulfide) groups is 1. The van der Waals surface area contributed by atoms with Crippen LogP contribution in [0.3, 0.4) is 0 Å². The van der Waals surface area contributed by atoms with Crippen LogP contribution in [0.2, 0.25) is 0 Å². The molecular weight excluding hydrogens is 146 g/mol. The van der Waals surface area contributed by atoms with E-state index in [0.717, 1.165) is 11.8 Å². The fourth-order valence-electron chi connectivity index (χ4n) is 0.302. The molecule has 0 saturated carbocycles. The van der Waals surface area contributed by atoms with Gasteiger partial charge in [-0.25, -0.2) is 0 Å².